The zero-order valence-electron chi connectivity index (χ0n) is 10.6. The lowest BCUT2D eigenvalue weighted by atomic mass is 10.1. The smallest absolute Gasteiger partial charge is 0.218 e. The van der Waals surface area contributed by atoms with E-state index in [0.29, 0.717) is 11.7 Å². The summed E-state index contributed by atoms with van der Waals surface area (Å²) in [7, 11) is 1.61. The Balaban J connectivity index is 2.04. The summed E-state index contributed by atoms with van der Waals surface area (Å²) in [6.45, 7) is 4.83. The average Bonchev–Trinajstić information content (AvgIpc) is 2.81. The molecule has 2 heterocycles. The number of ether oxygens (including phenoxy) is 2. The summed E-state index contributed by atoms with van der Waals surface area (Å²) in [5, 5.41) is 3.34. The quantitative estimate of drug-likeness (QED) is 0.865. The van der Waals surface area contributed by atoms with E-state index in [1.165, 1.54) is 0 Å². The monoisotopic (exact) mass is 237 g/mol. The number of nitrogens with zero attached hydrogens (tertiary/aromatic N) is 2. The first-order valence-electron chi connectivity index (χ1n) is 5.97. The normalized spacial score (nSPS) is 21.2. The van der Waals surface area contributed by atoms with Crippen molar-refractivity contribution in [3.63, 3.8) is 0 Å². The lowest BCUT2D eigenvalue weighted by Gasteiger charge is -2.20. The molecule has 0 spiro atoms. The van der Waals surface area contributed by atoms with E-state index in [1.807, 2.05) is 6.92 Å². The molecule has 0 bridgehead atoms. The van der Waals surface area contributed by atoms with Gasteiger partial charge in [-0.05, 0) is 26.7 Å². The fourth-order valence-corrected chi connectivity index (χ4v) is 2.04. The van der Waals surface area contributed by atoms with Crippen LogP contribution < -0.4 is 10.1 Å². The minimum Gasteiger partial charge on any atom is -0.481 e. The lowest BCUT2D eigenvalue weighted by molar-refractivity contribution is 0.0995. The predicted octanol–water partition coefficient (Wildman–Crippen LogP) is 1.77. The summed E-state index contributed by atoms with van der Waals surface area (Å²) < 4.78 is 10.8. The molecule has 1 aliphatic heterocycles. The number of aryl methyl sites for hydroxylation is 1. The van der Waals surface area contributed by atoms with Gasteiger partial charge in [0, 0.05) is 12.7 Å². The van der Waals surface area contributed by atoms with Crippen molar-refractivity contribution in [2.45, 2.75) is 38.8 Å². The van der Waals surface area contributed by atoms with Crippen LogP contribution in [0.4, 0.5) is 5.82 Å². The van der Waals surface area contributed by atoms with E-state index in [0.717, 1.165) is 25.3 Å². The highest BCUT2D eigenvalue weighted by atomic mass is 16.5. The van der Waals surface area contributed by atoms with Crippen molar-refractivity contribution in [1.29, 1.82) is 0 Å². The molecule has 2 rings (SSSR count). The van der Waals surface area contributed by atoms with Gasteiger partial charge in [-0.1, -0.05) is 0 Å². The summed E-state index contributed by atoms with van der Waals surface area (Å²) >= 11 is 0. The van der Waals surface area contributed by atoms with Crippen molar-refractivity contribution < 1.29 is 9.47 Å². The van der Waals surface area contributed by atoms with E-state index in [-0.39, 0.29) is 12.1 Å². The van der Waals surface area contributed by atoms with Crippen LogP contribution >= 0.6 is 0 Å². The van der Waals surface area contributed by atoms with Gasteiger partial charge < -0.3 is 14.8 Å². The third kappa shape index (κ3) is 3.06. The molecule has 1 saturated heterocycles. The molecule has 1 aromatic heterocycles. The summed E-state index contributed by atoms with van der Waals surface area (Å²) in [6.07, 6.45) is 2.52. The second kappa shape index (κ2) is 5.31. The maximum absolute atomic E-state index is 5.64. The summed E-state index contributed by atoms with van der Waals surface area (Å²) in [6, 6.07) is 2.05. The molecular weight excluding hydrogens is 218 g/mol. The van der Waals surface area contributed by atoms with Gasteiger partial charge >= 0.3 is 0 Å². The van der Waals surface area contributed by atoms with E-state index in [4.69, 9.17) is 9.47 Å². The van der Waals surface area contributed by atoms with Crippen LogP contribution in [-0.2, 0) is 4.74 Å². The minimum atomic E-state index is 0.247. The van der Waals surface area contributed by atoms with Crippen molar-refractivity contribution in [3.05, 3.63) is 11.9 Å². The Hall–Kier alpha value is -1.36. The highest BCUT2D eigenvalue weighted by molar-refractivity contribution is 5.39. The predicted molar refractivity (Wildman–Crippen MR) is 65.4 cm³/mol. The van der Waals surface area contributed by atoms with E-state index in [1.54, 1.807) is 13.2 Å². The zero-order valence-corrected chi connectivity index (χ0v) is 10.6. The molecule has 1 fully saturated rings. The fraction of sp³-hybridized carbons (Fsp3) is 0.667. The molecule has 2 atom stereocenters. The van der Waals surface area contributed by atoms with E-state index < -0.39 is 0 Å². The van der Waals surface area contributed by atoms with Gasteiger partial charge in [0.15, 0.2) is 0 Å². The Bertz CT molecular complexity index is 378. The van der Waals surface area contributed by atoms with Crippen LogP contribution in [0.3, 0.4) is 0 Å². The number of anilines is 1. The van der Waals surface area contributed by atoms with E-state index >= 15 is 0 Å². The van der Waals surface area contributed by atoms with Gasteiger partial charge in [-0.2, -0.15) is 4.98 Å². The molecule has 0 aliphatic carbocycles. The van der Waals surface area contributed by atoms with Crippen molar-refractivity contribution in [3.8, 4) is 5.88 Å². The molecule has 0 radical (unpaired) electrons. The molecule has 0 aromatic carbocycles. The lowest BCUT2D eigenvalue weighted by Crippen LogP contribution is -2.30. The van der Waals surface area contributed by atoms with Crippen molar-refractivity contribution in [2.24, 2.45) is 0 Å². The molecule has 94 valence electrons. The molecule has 0 saturated carbocycles. The second-order valence-corrected chi connectivity index (χ2v) is 4.33. The van der Waals surface area contributed by atoms with Crippen LogP contribution in [0.15, 0.2) is 6.07 Å². The standard InChI is InChI=1S/C12H19N3O2/c1-8(10-5-4-6-17-10)13-11-7-12(16-3)15-9(2)14-11/h7-8,10H,4-6H2,1-3H3,(H,13,14,15). The summed E-state index contributed by atoms with van der Waals surface area (Å²) in [5.74, 6) is 2.07. The molecule has 5 nitrogen and oxygen atoms in total. The molecule has 1 aromatic rings. The Morgan fingerprint density at radius 2 is 2.35 bits per heavy atom. The van der Waals surface area contributed by atoms with Gasteiger partial charge in [0.05, 0.1) is 19.3 Å². The number of rotatable bonds is 4. The van der Waals surface area contributed by atoms with E-state index in [2.05, 4.69) is 22.2 Å². The Kier molecular flexibility index (Phi) is 3.78. The average molecular weight is 237 g/mol. The van der Waals surface area contributed by atoms with Crippen LogP contribution in [-0.4, -0.2) is 35.8 Å². The number of methoxy groups -OCH3 is 1. The number of nitrogens with one attached hydrogen (secondary N) is 1. The van der Waals surface area contributed by atoms with Crippen LogP contribution in [0.2, 0.25) is 0 Å². The number of hydrogen-bond donors (Lipinski definition) is 1. The largest absolute Gasteiger partial charge is 0.481 e. The summed E-state index contributed by atoms with van der Waals surface area (Å²) in [4.78, 5) is 8.49. The Morgan fingerprint density at radius 1 is 1.53 bits per heavy atom. The fourth-order valence-electron chi connectivity index (χ4n) is 2.04. The van der Waals surface area contributed by atoms with Crippen LogP contribution in [0, 0.1) is 6.92 Å². The van der Waals surface area contributed by atoms with Crippen molar-refractivity contribution in [1.82, 2.24) is 9.97 Å². The number of hydrogen-bond acceptors (Lipinski definition) is 5. The molecular formula is C12H19N3O2. The van der Waals surface area contributed by atoms with Crippen molar-refractivity contribution in [2.75, 3.05) is 19.0 Å². The zero-order chi connectivity index (χ0) is 12.3. The topological polar surface area (TPSA) is 56.3 Å². The van der Waals surface area contributed by atoms with Gasteiger partial charge in [-0.15, -0.1) is 0 Å². The van der Waals surface area contributed by atoms with Crippen LogP contribution in [0.1, 0.15) is 25.6 Å². The first-order chi connectivity index (χ1) is 8.19. The van der Waals surface area contributed by atoms with Crippen molar-refractivity contribution >= 4 is 5.82 Å². The highest BCUT2D eigenvalue weighted by Gasteiger charge is 2.22. The number of aromatic nitrogens is 2. The molecule has 17 heavy (non-hydrogen) atoms. The molecule has 5 heteroatoms. The molecule has 2 unspecified atom stereocenters. The Labute approximate surface area is 102 Å². The van der Waals surface area contributed by atoms with Gasteiger partial charge in [-0.3, -0.25) is 0 Å². The van der Waals surface area contributed by atoms with Crippen LogP contribution in [0.25, 0.3) is 0 Å². The van der Waals surface area contributed by atoms with Crippen LogP contribution in [0.5, 0.6) is 5.88 Å². The first kappa shape index (κ1) is 12.1. The van der Waals surface area contributed by atoms with E-state index in [9.17, 15) is 0 Å². The summed E-state index contributed by atoms with van der Waals surface area (Å²) in [5.41, 5.74) is 0. The highest BCUT2D eigenvalue weighted by Crippen LogP contribution is 2.19. The molecule has 1 N–H and O–H groups in total. The molecule has 0 amide bonds. The van der Waals surface area contributed by atoms with Gasteiger partial charge in [-0.25, -0.2) is 4.98 Å². The second-order valence-electron chi connectivity index (χ2n) is 4.33. The van der Waals surface area contributed by atoms with Gasteiger partial charge in [0.1, 0.15) is 11.6 Å². The maximum Gasteiger partial charge on any atom is 0.218 e. The SMILES string of the molecule is COc1cc(NC(C)C2CCCO2)nc(C)n1. The third-order valence-corrected chi connectivity index (χ3v) is 2.92. The maximum atomic E-state index is 5.64. The van der Waals surface area contributed by atoms with Gasteiger partial charge in [0.25, 0.3) is 0 Å². The minimum absolute atomic E-state index is 0.247. The first-order valence-corrected chi connectivity index (χ1v) is 5.97. The van der Waals surface area contributed by atoms with Gasteiger partial charge in [0.2, 0.25) is 5.88 Å². The Morgan fingerprint density at radius 3 is 3.00 bits per heavy atom. The molecule has 1 aliphatic rings. The third-order valence-electron chi connectivity index (χ3n) is 2.92.